The molecule has 2 aromatic rings. The van der Waals surface area contributed by atoms with E-state index in [9.17, 15) is 24.3 Å². The number of carboxylic acids is 1. The molecule has 0 aliphatic heterocycles. The SMILES string of the molecule is CC(C)CC(NC(=O)C(Cc1ccccc1)NC(=O)C(N)Cc1ccccc1)C(=O)NC(CO)C(=O)O. The van der Waals surface area contributed by atoms with E-state index in [1.807, 2.05) is 74.5 Å². The van der Waals surface area contributed by atoms with E-state index in [1.54, 1.807) is 0 Å². The molecule has 0 aliphatic carbocycles. The van der Waals surface area contributed by atoms with Crippen molar-refractivity contribution in [1.82, 2.24) is 16.0 Å². The molecule has 0 saturated carbocycles. The highest BCUT2D eigenvalue weighted by molar-refractivity contribution is 5.94. The summed E-state index contributed by atoms with van der Waals surface area (Å²) < 4.78 is 0. The second-order valence-corrected chi connectivity index (χ2v) is 9.32. The third-order valence-corrected chi connectivity index (χ3v) is 5.69. The van der Waals surface area contributed by atoms with Gasteiger partial charge in [-0.3, -0.25) is 14.4 Å². The number of nitrogens with one attached hydrogen (secondary N) is 3. The van der Waals surface area contributed by atoms with Crippen molar-refractivity contribution in [2.75, 3.05) is 6.61 Å². The van der Waals surface area contributed by atoms with Crippen LogP contribution in [0, 0.1) is 5.92 Å². The molecule has 2 aromatic carbocycles. The highest BCUT2D eigenvalue weighted by Crippen LogP contribution is 2.09. The summed E-state index contributed by atoms with van der Waals surface area (Å²) in [6.45, 7) is 2.90. The lowest BCUT2D eigenvalue weighted by molar-refractivity contribution is -0.143. The number of rotatable bonds is 14. The van der Waals surface area contributed by atoms with Gasteiger partial charge in [0, 0.05) is 6.42 Å². The first-order valence-corrected chi connectivity index (χ1v) is 12.2. The maximum atomic E-state index is 13.3. The van der Waals surface area contributed by atoms with E-state index in [-0.39, 0.29) is 25.2 Å². The molecule has 4 atom stereocenters. The number of amides is 3. The third-order valence-electron chi connectivity index (χ3n) is 5.69. The average molecular weight is 513 g/mol. The monoisotopic (exact) mass is 512 g/mol. The number of carbonyl (C=O) groups is 4. The summed E-state index contributed by atoms with van der Waals surface area (Å²) in [4.78, 5) is 50.3. The first-order valence-electron chi connectivity index (χ1n) is 12.2. The summed E-state index contributed by atoms with van der Waals surface area (Å²) in [6.07, 6.45) is 0.651. The standard InChI is InChI=1S/C27H36N4O6/c1-17(2)13-21(25(34)31-23(16-32)27(36)37)30-26(35)22(15-19-11-7-4-8-12-19)29-24(33)20(28)14-18-9-5-3-6-10-18/h3-12,17,20-23,32H,13-16,28H2,1-2H3,(H,29,33)(H,30,35)(H,31,34)(H,36,37). The van der Waals surface area contributed by atoms with E-state index < -0.39 is 54.5 Å². The number of hydrogen-bond acceptors (Lipinski definition) is 6. The number of benzene rings is 2. The van der Waals surface area contributed by atoms with Crippen molar-refractivity contribution in [3.05, 3.63) is 71.8 Å². The fourth-order valence-corrected chi connectivity index (χ4v) is 3.73. The molecule has 7 N–H and O–H groups in total. The first-order chi connectivity index (χ1) is 17.6. The lowest BCUT2D eigenvalue weighted by atomic mass is 10.00. The van der Waals surface area contributed by atoms with Gasteiger partial charge in [0.1, 0.15) is 18.1 Å². The molecule has 0 fully saturated rings. The van der Waals surface area contributed by atoms with Crippen LogP contribution in [0.3, 0.4) is 0 Å². The quantitative estimate of drug-likeness (QED) is 0.212. The summed E-state index contributed by atoms with van der Waals surface area (Å²) in [6, 6.07) is 13.8. The molecule has 10 nitrogen and oxygen atoms in total. The van der Waals surface area contributed by atoms with Gasteiger partial charge in [-0.15, -0.1) is 0 Å². The van der Waals surface area contributed by atoms with Crippen molar-refractivity contribution >= 4 is 23.7 Å². The van der Waals surface area contributed by atoms with Gasteiger partial charge in [0.25, 0.3) is 0 Å². The van der Waals surface area contributed by atoms with Crippen LogP contribution in [-0.4, -0.2) is 64.7 Å². The maximum absolute atomic E-state index is 13.3. The molecule has 4 unspecified atom stereocenters. The average Bonchev–Trinajstić information content (AvgIpc) is 2.86. The zero-order chi connectivity index (χ0) is 27.4. The molecule has 0 heterocycles. The van der Waals surface area contributed by atoms with Gasteiger partial charge in [0.2, 0.25) is 17.7 Å². The Kier molecular flexibility index (Phi) is 11.7. The molecule has 0 aliphatic rings. The Labute approximate surface area is 216 Å². The second kappa shape index (κ2) is 14.7. The Hall–Kier alpha value is -3.76. The van der Waals surface area contributed by atoms with E-state index in [4.69, 9.17) is 10.8 Å². The first kappa shape index (κ1) is 29.5. The molecule has 2 rings (SSSR count). The van der Waals surface area contributed by atoms with Crippen LogP contribution in [0.15, 0.2) is 60.7 Å². The van der Waals surface area contributed by atoms with E-state index in [0.717, 1.165) is 11.1 Å². The maximum Gasteiger partial charge on any atom is 0.328 e. The van der Waals surface area contributed by atoms with Gasteiger partial charge in [-0.05, 0) is 29.9 Å². The number of hydrogen-bond donors (Lipinski definition) is 6. The van der Waals surface area contributed by atoms with Crippen LogP contribution in [-0.2, 0) is 32.0 Å². The van der Waals surface area contributed by atoms with Crippen LogP contribution in [0.4, 0.5) is 0 Å². The number of aliphatic hydroxyl groups excluding tert-OH is 1. The minimum atomic E-state index is -1.50. The van der Waals surface area contributed by atoms with E-state index in [0.29, 0.717) is 0 Å². The third kappa shape index (κ3) is 10.0. The van der Waals surface area contributed by atoms with Crippen LogP contribution >= 0.6 is 0 Å². The summed E-state index contributed by atoms with van der Waals surface area (Å²) >= 11 is 0. The lowest BCUT2D eigenvalue weighted by Gasteiger charge is -2.26. The van der Waals surface area contributed by atoms with Gasteiger partial charge in [-0.2, -0.15) is 0 Å². The molecule has 0 bridgehead atoms. The highest BCUT2D eigenvalue weighted by Gasteiger charge is 2.30. The summed E-state index contributed by atoms with van der Waals surface area (Å²) in [7, 11) is 0. The molecule has 0 radical (unpaired) electrons. The number of nitrogens with two attached hydrogens (primary N) is 1. The second-order valence-electron chi connectivity index (χ2n) is 9.32. The Morgan fingerprint density at radius 3 is 1.68 bits per heavy atom. The van der Waals surface area contributed by atoms with Crippen molar-refractivity contribution in [1.29, 1.82) is 0 Å². The summed E-state index contributed by atoms with van der Waals surface area (Å²) in [5, 5.41) is 26.0. The zero-order valence-electron chi connectivity index (χ0n) is 21.1. The van der Waals surface area contributed by atoms with Gasteiger partial charge in [0.05, 0.1) is 12.6 Å². The Morgan fingerprint density at radius 1 is 0.730 bits per heavy atom. The van der Waals surface area contributed by atoms with Crippen LogP contribution < -0.4 is 21.7 Å². The molecular formula is C27H36N4O6. The minimum absolute atomic E-state index is 0.0186. The van der Waals surface area contributed by atoms with Gasteiger partial charge in [0.15, 0.2) is 0 Å². The van der Waals surface area contributed by atoms with Gasteiger partial charge in [-0.1, -0.05) is 74.5 Å². The Balaban J connectivity index is 2.19. The normalized spacial score (nSPS) is 14.2. The number of carboxylic acid groups (broad SMARTS) is 1. The predicted molar refractivity (Wildman–Crippen MR) is 138 cm³/mol. The molecule has 0 spiro atoms. The van der Waals surface area contributed by atoms with E-state index in [1.165, 1.54) is 0 Å². The van der Waals surface area contributed by atoms with Gasteiger partial charge >= 0.3 is 5.97 Å². The Morgan fingerprint density at radius 2 is 1.19 bits per heavy atom. The number of carbonyl (C=O) groups excluding carboxylic acids is 3. The minimum Gasteiger partial charge on any atom is -0.480 e. The zero-order valence-corrected chi connectivity index (χ0v) is 21.1. The van der Waals surface area contributed by atoms with E-state index >= 15 is 0 Å². The molecular weight excluding hydrogens is 476 g/mol. The molecule has 10 heteroatoms. The van der Waals surface area contributed by atoms with Crippen molar-refractivity contribution in [3.63, 3.8) is 0 Å². The van der Waals surface area contributed by atoms with Crippen LogP contribution in [0.1, 0.15) is 31.4 Å². The smallest absolute Gasteiger partial charge is 0.328 e. The lowest BCUT2D eigenvalue weighted by Crippen LogP contribution is -2.58. The predicted octanol–water partition coefficient (Wildman–Crippen LogP) is 0.377. The fourth-order valence-electron chi connectivity index (χ4n) is 3.73. The number of aliphatic carboxylic acids is 1. The summed E-state index contributed by atoms with van der Waals surface area (Å²) in [5.74, 6) is -3.28. The van der Waals surface area contributed by atoms with Crippen molar-refractivity contribution in [2.45, 2.75) is 57.3 Å². The fraction of sp³-hybridized carbons (Fsp3) is 0.407. The molecule has 0 saturated heterocycles. The van der Waals surface area contributed by atoms with Gasteiger partial charge < -0.3 is 31.9 Å². The highest BCUT2D eigenvalue weighted by atomic mass is 16.4. The van der Waals surface area contributed by atoms with Crippen LogP contribution in [0.25, 0.3) is 0 Å². The molecule has 37 heavy (non-hydrogen) atoms. The van der Waals surface area contributed by atoms with Crippen molar-refractivity contribution in [3.8, 4) is 0 Å². The van der Waals surface area contributed by atoms with Gasteiger partial charge in [-0.25, -0.2) is 4.79 Å². The molecule has 3 amide bonds. The van der Waals surface area contributed by atoms with E-state index in [2.05, 4.69) is 16.0 Å². The van der Waals surface area contributed by atoms with Crippen LogP contribution in [0.5, 0.6) is 0 Å². The van der Waals surface area contributed by atoms with Crippen LogP contribution in [0.2, 0.25) is 0 Å². The van der Waals surface area contributed by atoms with Crippen molar-refractivity contribution < 1.29 is 29.4 Å². The molecule has 200 valence electrons. The number of aliphatic hydroxyl groups is 1. The largest absolute Gasteiger partial charge is 0.480 e. The van der Waals surface area contributed by atoms with Crippen molar-refractivity contribution in [2.24, 2.45) is 11.7 Å². The topological polar surface area (TPSA) is 171 Å². The molecule has 0 aromatic heterocycles. The Bertz CT molecular complexity index is 1030. The summed E-state index contributed by atoms with van der Waals surface area (Å²) in [5.41, 5.74) is 7.78.